The zero-order valence-electron chi connectivity index (χ0n) is 18.5. The summed E-state index contributed by atoms with van der Waals surface area (Å²) < 4.78 is 5.16. The number of aliphatic hydroxyl groups is 2. The molecule has 1 unspecified atom stereocenters. The molecule has 4 heteroatoms. The molecule has 0 aliphatic carbocycles. The van der Waals surface area contributed by atoms with Gasteiger partial charge in [0.2, 0.25) is 0 Å². The van der Waals surface area contributed by atoms with Crippen LogP contribution >= 0.6 is 0 Å². The molecule has 0 saturated carbocycles. The highest BCUT2D eigenvalue weighted by Gasteiger charge is 2.24. The molecule has 0 aromatic carbocycles. The van der Waals surface area contributed by atoms with Crippen LogP contribution in [0.4, 0.5) is 0 Å². The van der Waals surface area contributed by atoms with E-state index in [1.54, 1.807) is 0 Å². The zero-order chi connectivity index (χ0) is 21.6. The number of cyclic esters (lactones) is 1. The number of carbonyl (C=O) groups excluding carboxylic acids is 1. The van der Waals surface area contributed by atoms with Gasteiger partial charge in [0.05, 0.1) is 13.2 Å². The van der Waals surface area contributed by atoms with Crippen molar-refractivity contribution in [2.24, 2.45) is 0 Å². The lowest BCUT2D eigenvalue weighted by molar-refractivity contribution is -0.138. The number of hydrogen-bond acceptors (Lipinski definition) is 4. The largest absolute Gasteiger partial charge is 0.454 e. The number of ether oxygens (including phenoxy) is 1. The molecule has 1 atom stereocenters. The van der Waals surface area contributed by atoms with Crippen LogP contribution in [0.2, 0.25) is 0 Å². The molecular formula is C25H38O4. The second-order valence-corrected chi connectivity index (χ2v) is 8.06. The average molecular weight is 403 g/mol. The Morgan fingerprint density at radius 3 is 2.07 bits per heavy atom. The first-order valence-electron chi connectivity index (χ1n) is 10.6. The summed E-state index contributed by atoms with van der Waals surface area (Å²) in [4.78, 5) is 11.3. The molecule has 0 amide bonds. The van der Waals surface area contributed by atoms with E-state index in [1.807, 2.05) is 6.08 Å². The molecule has 0 aromatic heterocycles. The summed E-state index contributed by atoms with van der Waals surface area (Å²) in [5.41, 5.74) is 5.73. The molecule has 2 N–H and O–H groups in total. The Balaban J connectivity index is 2.36. The van der Waals surface area contributed by atoms with Crippen molar-refractivity contribution in [1.82, 2.24) is 0 Å². The van der Waals surface area contributed by atoms with Gasteiger partial charge in [0, 0.05) is 18.1 Å². The molecule has 0 radical (unpaired) electrons. The molecule has 1 heterocycles. The van der Waals surface area contributed by atoms with Crippen LogP contribution in [-0.4, -0.2) is 35.5 Å². The van der Waals surface area contributed by atoms with Gasteiger partial charge in [-0.15, -0.1) is 0 Å². The lowest BCUT2D eigenvalue weighted by Crippen LogP contribution is -2.13. The van der Waals surface area contributed by atoms with E-state index < -0.39 is 12.1 Å². The van der Waals surface area contributed by atoms with Crippen molar-refractivity contribution in [2.45, 2.75) is 78.7 Å². The van der Waals surface area contributed by atoms with Crippen molar-refractivity contribution in [3.63, 3.8) is 0 Å². The van der Waals surface area contributed by atoms with Crippen molar-refractivity contribution >= 4 is 5.97 Å². The van der Waals surface area contributed by atoms with Crippen LogP contribution in [0.3, 0.4) is 0 Å². The van der Waals surface area contributed by atoms with Gasteiger partial charge in [-0.1, -0.05) is 41.0 Å². The van der Waals surface area contributed by atoms with Gasteiger partial charge in [-0.3, -0.25) is 0 Å². The van der Waals surface area contributed by atoms with Gasteiger partial charge in [-0.2, -0.15) is 0 Å². The monoisotopic (exact) mass is 402 g/mol. The fourth-order valence-electron chi connectivity index (χ4n) is 3.20. The van der Waals surface area contributed by atoms with E-state index in [9.17, 15) is 15.0 Å². The van der Waals surface area contributed by atoms with E-state index in [0.29, 0.717) is 12.0 Å². The van der Waals surface area contributed by atoms with E-state index >= 15 is 0 Å². The van der Waals surface area contributed by atoms with Gasteiger partial charge < -0.3 is 14.9 Å². The number of esters is 1. The predicted molar refractivity (Wildman–Crippen MR) is 119 cm³/mol. The Kier molecular flexibility index (Phi) is 12.2. The second-order valence-electron chi connectivity index (χ2n) is 8.06. The van der Waals surface area contributed by atoms with Gasteiger partial charge in [-0.25, -0.2) is 4.79 Å². The highest BCUT2D eigenvalue weighted by molar-refractivity contribution is 5.85. The molecule has 162 valence electrons. The average Bonchev–Trinajstić information content (AvgIpc) is 3.03. The van der Waals surface area contributed by atoms with Crippen LogP contribution in [0.5, 0.6) is 0 Å². The van der Waals surface area contributed by atoms with E-state index in [2.05, 4.69) is 45.9 Å². The van der Waals surface area contributed by atoms with E-state index in [-0.39, 0.29) is 13.2 Å². The summed E-state index contributed by atoms with van der Waals surface area (Å²) in [5, 5.41) is 18.8. The molecule has 1 aliphatic rings. The highest BCUT2D eigenvalue weighted by atomic mass is 16.5. The van der Waals surface area contributed by atoms with Crippen LogP contribution in [0.25, 0.3) is 0 Å². The van der Waals surface area contributed by atoms with Gasteiger partial charge in [0.25, 0.3) is 0 Å². The van der Waals surface area contributed by atoms with Crippen LogP contribution in [0.15, 0.2) is 58.2 Å². The van der Waals surface area contributed by atoms with Crippen LogP contribution in [0, 0.1) is 0 Å². The molecule has 0 saturated heterocycles. The Hall–Kier alpha value is -1.91. The third-order valence-corrected chi connectivity index (χ3v) is 5.06. The molecular weight excluding hydrogens is 364 g/mol. The molecule has 29 heavy (non-hydrogen) atoms. The zero-order valence-corrected chi connectivity index (χ0v) is 18.5. The first kappa shape index (κ1) is 25.1. The molecule has 1 rings (SSSR count). The molecule has 0 bridgehead atoms. The van der Waals surface area contributed by atoms with Crippen LogP contribution in [-0.2, 0) is 9.53 Å². The first-order valence-corrected chi connectivity index (χ1v) is 10.6. The van der Waals surface area contributed by atoms with Crippen molar-refractivity contribution in [3.05, 3.63) is 58.2 Å². The minimum atomic E-state index is -0.405. The van der Waals surface area contributed by atoms with Gasteiger partial charge in [0.15, 0.2) is 0 Å². The number of aliphatic hydroxyl groups excluding tert-OH is 2. The fraction of sp³-hybridized carbons (Fsp3) is 0.560. The summed E-state index contributed by atoms with van der Waals surface area (Å²) in [6.07, 6.45) is 16.3. The third-order valence-electron chi connectivity index (χ3n) is 5.06. The third kappa shape index (κ3) is 11.0. The normalized spacial score (nSPS) is 18.0. The topological polar surface area (TPSA) is 66.8 Å². The van der Waals surface area contributed by atoms with E-state index in [1.165, 1.54) is 22.8 Å². The fourth-order valence-corrected chi connectivity index (χ4v) is 3.20. The van der Waals surface area contributed by atoms with Crippen molar-refractivity contribution < 1.29 is 19.7 Å². The number of carbonyl (C=O) groups is 1. The first-order chi connectivity index (χ1) is 13.8. The Morgan fingerprint density at radius 1 is 0.931 bits per heavy atom. The summed E-state index contributed by atoms with van der Waals surface area (Å²) in [6.45, 7) is 8.46. The minimum Gasteiger partial charge on any atom is -0.454 e. The minimum absolute atomic E-state index is 0.000655. The number of rotatable bonds is 13. The van der Waals surface area contributed by atoms with Crippen molar-refractivity contribution in [3.8, 4) is 0 Å². The second kappa shape index (κ2) is 14.1. The Morgan fingerprint density at radius 2 is 1.52 bits per heavy atom. The number of hydrogen-bond donors (Lipinski definition) is 2. The quantitative estimate of drug-likeness (QED) is 0.322. The van der Waals surface area contributed by atoms with Gasteiger partial charge >= 0.3 is 5.97 Å². The standard InChI is InChI=1S/C25H38O4/c1-19(2)8-5-9-20(3)10-6-11-21(4)12-7-13-22(17-26)14-15-24-23(18-27)16-25(28)29-24/h8,10,12,14,16,24,26-27H,5-7,9,11,13,15,17-18H2,1-4H3. The lowest BCUT2D eigenvalue weighted by atomic mass is 10.0. The van der Waals surface area contributed by atoms with Crippen molar-refractivity contribution in [2.75, 3.05) is 13.2 Å². The molecule has 0 aromatic rings. The van der Waals surface area contributed by atoms with E-state index in [0.717, 1.165) is 44.1 Å². The van der Waals surface area contributed by atoms with Gasteiger partial charge in [0.1, 0.15) is 6.10 Å². The molecule has 0 spiro atoms. The highest BCUT2D eigenvalue weighted by Crippen LogP contribution is 2.20. The van der Waals surface area contributed by atoms with E-state index in [4.69, 9.17) is 4.74 Å². The summed E-state index contributed by atoms with van der Waals surface area (Å²) in [6, 6.07) is 0. The molecule has 4 nitrogen and oxygen atoms in total. The molecule has 1 aliphatic heterocycles. The summed E-state index contributed by atoms with van der Waals surface area (Å²) >= 11 is 0. The lowest BCUT2D eigenvalue weighted by Gasteiger charge is -2.11. The smallest absolute Gasteiger partial charge is 0.331 e. The maximum Gasteiger partial charge on any atom is 0.331 e. The summed E-state index contributed by atoms with van der Waals surface area (Å²) in [5.74, 6) is -0.405. The predicted octanol–water partition coefficient (Wildman–Crippen LogP) is 5.34. The van der Waals surface area contributed by atoms with Crippen molar-refractivity contribution in [1.29, 1.82) is 0 Å². The molecule has 0 fully saturated rings. The Bertz CT molecular complexity index is 673. The maximum atomic E-state index is 11.3. The van der Waals surface area contributed by atoms with Gasteiger partial charge in [-0.05, 0) is 71.8 Å². The number of allylic oxidation sites excluding steroid dienone is 6. The Labute approximate surface area is 176 Å². The summed E-state index contributed by atoms with van der Waals surface area (Å²) in [7, 11) is 0. The van der Waals surface area contributed by atoms with Crippen LogP contribution < -0.4 is 0 Å². The van der Waals surface area contributed by atoms with Crippen LogP contribution in [0.1, 0.15) is 72.6 Å². The SMILES string of the molecule is CC(C)=CCCC(C)=CCCC(C)=CCCC(=CCC1OC(=O)C=C1CO)CO. The maximum absolute atomic E-state index is 11.3.